The van der Waals surface area contributed by atoms with Crippen molar-refractivity contribution >= 4 is 76.3 Å². The van der Waals surface area contributed by atoms with E-state index in [1.54, 1.807) is 0 Å². The van der Waals surface area contributed by atoms with Crippen LogP contribution in [-0.4, -0.2) is 4.57 Å². The second-order valence-corrected chi connectivity index (χ2v) is 12.7. The van der Waals surface area contributed by atoms with Crippen LogP contribution in [0.3, 0.4) is 0 Å². The highest BCUT2D eigenvalue weighted by atomic mass is 15.0. The molecule has 0 aliphatic rings. The molecule has 0 fully saturated rings. The van der Waals surface area contributed by atoms with Gasteiger partial charge in [0.15, 0.2) is 0 Å². The molecule has 48 heavy (non-hydrogen) atoms. The first kappa shape index (κ1) is 26.8. The number of anilines is 2. The molecule has 0 aliphatic heterocycles. The second-order valence-electron chi connectivity index (χ2n) is 12.7. The molecule has 0 unspecified atom stereocenters. The maximum atomic E-state index is 3.74. The smallest absolute Gasteiger partial charge is 0.0546 e. The van der Waals surface area contributed by atoms with E-state index in [2.05, 4.69) is 186 Å². The number of para-hydroxylation sites is 1. The van der Waals surface area contributed by atoms with Crippen LogP contribution in [0.15, 0.2) is 176 Å². The normalized spacial score (nSPS) is 11.8. The topological polar surface area (TPSA) is 17.0 Å². The van der Waals surface area contributed by atoms with Gasteiger partial charge in [0.2, 0.25) is 0 Å². The van der Waals surface area contributed by atoms with Crippen molar-refractivity contribution in [3.05, 3.63) is 176 Å². The summed E-state index contributed by atoms with van der Waals surface area (Å²) in [6.07, 6.45) is 0. The molecule has 1 aromatic heterocycles. The fourth-order valence-electron chi connectivity index (χ4n) is 7.67. The molecule has 0 spiro atoms. The molecule has 224 valence electrons. The summed E-state index contributed by atoms with van der Waals surface area (Å²) < 4.78 is 2.44. The number of hydrogen-bond donors (Lipinski definition) is 1. The van der Waals surface area contributed by atoms with Crippen LogP contribution >= 0.6 is 0 Å². The van der Waals surface area contributed by atoms with E-state index in [0.717, 1.165) is 11.4 Å². The second kappa shape index (κ2) is 10.6. The third-order valence-electron chi connectivity index (χ3n) is 9.89. The Labute approximate surface area is 278 Å². The van der Waals surface area contributed by atoms with Crippen molar-refractivity contribution in [3.8, 4) is 16.8 Å². The standard InChI is InChI=1S/C46H30N2/c1-3-13-37-31(10-1)12-9-18-38(37)33-21-20-30-22-23-35(27-34(30)26-33)47-36-24-25-45-43(29-36)42-17-7-8-19-44(42)48(45)46-28-32-11-2-4-14-39(32)40-15-5-6-16-41(40)46/h1-29,47H. The van der Waals surface area contributed by atoms with Crippen LogP contribution in [0.4, 0.5) is 11.4 Å². The van der Waals surface area contributed by atoms with Crippen LogP contribution in [0.1, 0.15) is 0 Å². The van der Waals surface area contributed by atoms with E-state index in [-0.39, 0.29) is 0 Å². The zero-order valence-corrected chi connectivity index (χ0v) is 26.2. The SMILES string of the molecule is c1ccc2c(-c3ccc4ccc(Nc5ccc6c(c5)c5ccccc5n6-c5cc6ccccc6c6ccccc56)cc4c3)cccc2c1. The van der Waals surface area contributed by atoms with Gasteiger partial charge < -0.3 is 9.88 Å². The van der Waals surface area contributed by atoms with Gasteiger partial charge in [-0.1, -0.05) is 127 Å². The molecule has 0 aliphatic carbocycles. The van der Waals surface area contributed by atoms with E-state index >= 15 is 0 Å². The highest BCUT2D eigenvalue weighted by molar-refractivity contribution is 6.15. The Kier molecular flexibility index (Phi) is 5.91. The Morgan fingerprint density at radius 3 is 1.88 bits per heavy atom. The fraction of sp³-hybridized carbons (Fsp3) is 0. The third kappa shape index (κ3) is 4.20. The molecule has 10 aromatic rings. The lowest BCUT2D eigenvalue weighted by atomic mass is 9.96. The fourth-order valence-corrected chi connectivity index (χ4v) is 7.67. The van der Waals surface area contributed by atoms with Crippen molar-refractivity contribution in [3.63, 3.8) is 0 Å². The molecule has 0 atom stereocenters. The molecule has 2 nitrogen and oxygen atoms in total. The molecule has 0 amide bonds. The van der Waals surface area contributed by atoms with Crippen molar-refractivity contribution < 1.29 is 0 Å². The van der Waals surface area contributed by atoms with Gasteiger partial charge in [-0.3, -0.25) is 0 Å². The summed E-state index contributed by atoms with van der Waals surface area (Å²) in [7, 11) is 0. The molecule has 0 bridgehead atoms. The Morgan fingerprint density at radius 2 is 0.979 bits per heavy atom. The number of benzene rings is 9. The monoisotopic (exact) mass is 610 g/mol. The highest BCUT2D eigenvalue weighted by Crippen LogP contribution is 2.39. The van der Waals surface area contributed by atoms with Gasteiger partial charge in [0, 0.05) is 27.5 Å². The minimum absolute atomic E-state index is 1.07. The van der Waals surface area contributed by atoms with Crippen molar-refractivity contribution in [1.82, 2.24) is 4.57 Å². The van der Waals surface area contributed by atoms with E-state index in [9.17, 15) is 0 Å². The van der Waals surface area contributed by atoms with Crippen molar-refractivity contribution in [1.29, 1.82) is 0 Å². The summed E-state index contributed by atoms with van der Waals surface area (Å²) in [5.41, 5.74) is 8.23. The maximum Gasteiger partial charge on any atom is 0.0546 e. The zero-order chi connectivity index (χ0) is 31.6. The van der Waals surface area contributed by atoms with Gasteiger partial charge in [0.05, 0.1) is 16.7 Å². The first-order valence-corrected chi connectivity index (χ1v) is 16.5. The summed E-state index contributed by atoms with van der Waals surface area (Å²) in [5, 5.41) is 16.2. The minimum Gasteiger partial charge on any atom is -0.355 e. The Hall–Kier alpha value is -6.38. The lowest BCUT2D eigenvalue weighted by molar-refractivity contribution is 1.20. The molecular formula is C46H30N2. The van der Waals surface area contributed by atoms with Crippen LogP contribution < -0.4 is 5.32 Å². The largest absolute Gasteiger partial charge is 0.355 e. The summed E-state index contributed by atoms with van der Waals surface area (Å²) in [4.78, 5) is 0. The van der Waals surface area contributed by atoms with Crippen LogP contribution in [-0.2, 0) is 0 Å². The van der Waals surface area contributed by atoms with Gasteiger partial charge in [0.1, 0.15) is 0 Å². The molecule has 9 aromatic carbocycles. The molecule has 2 heteroatoms. The molecule has 1 heterocycles. The summed E-state index contributed by atoms with van der Waals surface area (Å²) in [6.45, 7) is 0. The quantitative estimate of drug-likeness (QED) is 0.196. The summed E-state index contributed by atoms with van der Waals surface area (Å²) in [5.74, 6) is 0. The molecule has 1 N–H and O–H groups in total. The number of aromatic nitrogens is 1. The molecular weight excluding hydrogens is 581 g/mol. The molecule has 0 saturated carbocycles. The van der Waals surface area contributed by atoms with E-state index in [1.807, 2.05) is 0 Å². The van der Waals surface area contributed by atoms with Crippen LogP contribution in [0.2, 0.25) is 0 Å². The van der Waals surface area contributed by atoms with Crippen molar-refractivity contribution in [2.45, 2.75) is 0 Å². The molecule has 10 rings (SSSR count). The van der Waals surface area contributed by atoms with Gasteiger partial charge in [-0.05, 0) is 97.4 Å². The Bertz CT molecular complexity index is 2870. The van der Waals surface area contributed by atoms with E-state index in [4.69, 9.17) is 0 Å². The van der Waals surface area contributed by atoms with Gasteiger partial charge in [-0.2, -0.15) is 0 Å². The third-order valence-corrected chi connectivity index (χ3v) is 9.89. The van der Waals surface area contributed by atoms with Gasteiger partial charge in [0.25, 0.3) is 0 Å². The number of rotatable bonds is 4. The lowest BCUT2D eigenvalue weighted by Gasteiger charge is -2.14. The van der Waals surface area contributed by atoms with Crippen LogP contribution in [0, 0.1) is 0 Å². The lowest BCUT2D eigenvalue weighted by Crippen LogP contribution is -1.96. The van der Waals surface area contributed by atoms with E-state index in [1.165, 1.54) is 81.7 Å². The Balaban J connectivity index is 1.09. The van der Waals surface area contributed by atoms with Crippen LogP contribution in [0.25, 0.3) is 81.7 Å². The summed E-state index contributed by atoms with van der Waals surface area (Å²) >= 11 is 0. The average molecular weight is 611 g/mol. The molecule has 0 saturated heterocycles. The highest BCUT2D eigenvalue weighted by Gasteiger charge is 2.16. The molecule has 0 radical (unpaired) electrons. The number of nitrogens with one attached hydrogen (secondary N) is 1. The van der Waals surface area contributed by atoms with E-state index in [0.29, 0.717) is 0 Å². The minimum atomic E-state index is 1.07. The van der Waals surface area contributed by atoms with Crippen molar-refractivity contribution in [2.75, 3.05) is 5.32 Å². The first-order chi connectivity index (χ1) is 23.8. The van der Waals surface area contributed by atoms with Gasteiger partial charge in [-0.25, -0.2) is 0 Å². The number of nitrogens with zero attached hydrogens (tertiary/aromatic N) is 1. The Morgan fingerprint density at radius 1 is 0.333 bits per heavy atom. The number of hydrogen-bond acceptors (Lipinski definition) is 1. The van der Waals surface area contributed by atoms with Crippen molar-refractivity contribution in [2.24, 2.45) is 0 Å². The first-order valence-electron chi connectivity index (χ1n) is 16.5. The average Bonchev–Trinajstić information content (AvgIpc) is 3.47. The maximum absolute atomic E-state index is 3.74. The summed E-state index contributed by atoms with van der Waals surface area (Å²) in [6, 6.07) is 63.9. The van der Waals surface area contributed by atoms with Crippen LogP contribution in [0.5, 0.6) is 0 Å². The predicted octanol–water partition coefficient (Wildman–Crippen LogP) is 12.8. The van der Waals surface area contributed by atoms with Gasteiger partial charge >= 0.3 is 0 Å². The zero-order valence-electron chi connectivity index (χ0n) is 26.2. The number of fused-ring (bicyclic) bond motifs is 8. The predicted molar refractivity (Wildman–Crippen MR) is 206 cm³/mol. The van der Waals surface area contributed by atoms with E-state index < -0.39 is 0 Å². The van der Waals surface area contributed by atoms with Gasteiger partial charge in [-0.15, -0.1) is 0 Å².